The van der Waals surface area contributed by atoms with E-state index in [0.29, 0.717) is 0 Å². The second-order valence-corrected chi connectivity index (χ2v) is 4.98. The molecule has 3 heteroatoms. The molecule has 0 radical (unpaired) electrons. The first kappa shape index (κ1) is 11.4. The van der Waals surface area contributed by atoms with Gasteiger partial charge in [-0.2, -0.15) is 0 Å². The van der Waals surface area contributed by atoms with E-state index in [9.17, 15) is 4.79 Å². The fraction of sp³-hybridized carbons (Fsp3) is 0.308. The zero-order valence-corrected chi connectivity index (χ0v) is 11.0. The van der Waals surface area contributed by atoms with Crippen molar-refractivity contribution in [2.75, 3.05) is 0 Å². The number of fused-ring (bicyclic) bond motifs is 1. The maximum atomic E-state index is 11.6. The molecule has 16 heavy (non-hydrogen) atoms. The molecule has 2 aliphatic heterocycles. The predicted octanol–water partition coefficient (Wildman–Crippen LogP) is 3.64. The third-order valence-electron chi connectivity index (χ3n) is 2.83. The summed E-state index contributed by atoms with van der Waals surface area (Å²) in [7, 11) is 0. The monoisotopic (exact) mass is 279 g/mol. The van der Waals surface area contributed by atoms with Crippen molar-refractivity contribution in [3.63, 3.8) is 0 Å². The van der Waals surface area contributed by atoms with Crippen LogP contribution in [0.15, 0.2) is 45.9 Å². The Morgan fingerprint density at radius 3 is 2.88 bits per heavy atom. The van der Waals surface area contributed by atoms with Gasteiger partial charge >= 0.3 is 0 Å². The molecule has 0 aromatic carbocycles. The molecule has 0 saturated carbocycles. The Kier molecular flexibility index (Phi) is 3.15. The highest BCUT2D eigenvalue weighted by atomic mass is 79.9. The van der Waals surface area contributed by atoms with Crippen LogP contribution >= 0.6 is 15.9 Å². The van der Waals surface area contributed by atoms with Gasteiger partial charge in [-0.05, 0) is 53.4 Å². The van der Waals surface area contributed by atoms with Crippen LogP contribution in [0.2, 0.25) is 0 Å². The van der Waals surface area contributed by atoms with Crippen molar-refractivity contribution >= 4 is 21.7 Å². The smallest absolute Gasteiger partial charge is 0.176 e. The van der Waals surface area contributed by atoms with E-state index in [1.807, 2.05) is 23.3 Å². The van der Waals surface area contributed by atoms with E-state index in [1.54, 1.807) is 6.92 Å². The highest BCUT2D eigenvalue weighted by Gasteiger charge is 2.21. The van der Waals surface area contributed by atoms with E-state index >= 15 is 0 Å². The van der Waals surface area contributed by atoms with Gasteiger partial charge in [-0.1, -0.05) is 6.08 Å². The van der Waals surface area contributed by atoms with Gasteiger partial charge < -0.3 is 4.90 Å². The van der Waals surface area contributed by atoms with Crippen LogP contribution in [0.3, 0.4) is 0 Å². The number of carbonyl (C=O) groups is 1. The summed E-state index contributed by atoms with van der Waals surface area (Å²) in [6.07, 6.45) is 9.99. The molecule has 2 heterocycles. The molecule has 2 nitrogen and oxygen atoms in total. The lowest BCUT2D eigenvalue weighted by molar-refractivity contribution is -0.114. The number of ketones is 1. The fourth-order valence-corrected chi connectivity index (χ4v) is 2.32. The van der Waals surface area contributed by atoms with Gasteiger partial charge in [-0.25, -0.2) is 0 Å². The van der Waals surface area contributed by atoms with Gasteiger partial charge in [-0.3, -0.25) is 4.79 Å². The van der Waals surface area contributed by atoms with Crippen molar-refractivity contribution in [3.8, 4) is 0 Å². The molecule has 2 rings (SSSR count). The summed E-state index contributed by atoms with van der Waals surface area (Å²) in [4.78, 5) is 13.6. The third-order valence-corrected chi connectivity index (χ3v) is 3.30. The number of allylic oxidation sites excluding steroid dienone is 6. The van der Waals surface area contributed by atoms with Crippen LogP contribution in [-0.2, 0) is 4.79 Å². The van der Waals surface area contributed by atoms with Crippen LogP contribution in [0, 0.1) is 0 Å². The Bertz CT molecular complexity index is 455. The molecule has 84 valence electrons. The summed E-state index contributed by atoms with van der Waals surface area (Å²) < 4.78 is 0.984. The van der Waals surface area contributed by atoms with Crippen molar-refractivity contribution in [1.82, 2.24) is 4.90 Å². The van der Waals surface area contributed by atoms with Crippen LogP contribution in [-0.4, -0.2) is 10.7 Å². The van der Waals surface area contributed by atoms with Crippen LogP contribution < -0.4 is 0 Å². The number of Topliss-reactive ketones (excluding diaryl/α,β-unsaturated/α-hetero) is 1. The van der Waals surface area contributed by atoms with E-state index < -0.39 is 0 Å². The minimum absolute atomic E-state index is 0.110. The van der Waals surface area contributed by atoms with Crippen LogP contribution in [0.1, 0.15) is 26.7 Å². The largest absolute Gasteiger partial charge is 0.313 e. The molecule has 0 bridgehead atoms. The van der Waals surface area contributed by atoms with Crippen LogP contribution in [0.25, 0.3) is 0 Å². The number of hydrogen-bond donors (Lipinski definition) is 0. The van der Waals surface area contributed by atoms with E-state index in [2.05, 4.69) is 28.9 Å². The number of carbonyl (C=O) groups excluding carboxylic acids is 1. The Labute approximate surface area is 104 Å². The Hall–Kier alpha value is -1.09. The molecule has 0 unspecified atom stereocenters. The van der Waals surface area contributed by atoms with Gasteiger partial charge in [0.2, 0.25) is 0 Å². The lowest BCUT2D eigenvalue weighted by atomic mass is 10.1. The maximum absolute atomic E-state index is 11.6. The second-order valence-electron chi connectivity index (χ2n) is 4.07. The molecular formula is C13H14BrNO. The quantitative estimate of drug-likeness (QED) is 0.731. The minimum Gasteiger partial charge on any atom is -0.313 e. The SMILES string of the molecule is CC(=O)C1=CCCC(C)=C2C=CC(Br)=CN12. The first-order chi connectivity index (χ1) is 7.59. The summed E-state index contributed by atoms with van der Waals surface area (Å²) >= 11 is 3.44. The minimum atomic E-state index is 0.110. The van der Waals surface area contributed by atoms with Crippen LogP contribution in [0.5, 0.6) is 0 Å². The van der Waals surface area contributed by atoms with E-state index in [-0.39, 0.29) is 5.78 Å². The van der Waals surface area contributed by atoms with Crippen LogP contribution in [0.4, 0.5) is 0 Å². The highest BCUT2D eigenvalue weighted by Crippen LogP contribution is 2.31. The predicted molar refractivity (Wildman–Crippen MR) is 68.7 cm³/mol. The maximum Gasteiger partial charge on any atom is 0.176 e. The Balaban J connectivity index is 2.51. The van der Waals surface area contributed by atoms with Crippen molar-refractivity contribution in [1.29, 1.82) is 0 Å². The first-order valence-corrected chi connectivity index (χ1v) is 6.14. The molecule has 0 fully saturated rings. The number of hydrogen-bond acceptors (Lipinski definition) is 2. The molecular weight excluding hydrogens is 266 g/mol. The zero-order chi connectivity index (χ0) is 11.7. The topological polar surface area (TPSA) is 20.3 Å². The number of halogens is 1. The molecule has 0 atom stereocenters. The average molecular weight is 280 g/mol. The summed E-state index contributed by atoms with van der Waals surface area (Å²) in [6, 6.07) is 0. The average Bonchev–Trinajstić information content (AvgIpc) is 2.38. The normalized spacial score (nSPS) is 20.1. The fourth-order valence-electron chi connectivity index (χ4n) is 1.99. The second kappa shape index (κ2) is 4.42. The Morgan fingerprint density at radius 1 is 1.44 bits per heavy atom. The van der Waals surface area contributed by atoms with Gasteiger partial charge in [0.15, 0.2) is 5.78 Å². The van der Waals surface area contributed by atoms with Gasteiger partial charge in [0, 0.05) is 23.3 Å². The van der Waals surface area contributed by atoms with Gasteiger partial charge in [-0.15, -0.1) is 0 Å². The summed E-state index contributed by atoms with van der Waals surface area (Å²) in [5.41, 5.74) is 3.22. The van der Waals surface area contributed by atoms with Gasteiger partial charge in [0.25, 0.3) is 0 Å². The van der Waals surface area contributed by atoms with Crippen molar-refractivity contribution in [2.24, 2.45) is 0 Å². The number of nitrogens with zero attached hydrogens (tertiary/aromatic N) is 1. The van der Waals surface area contributed by atoms with Crippen molar-refractivity contribution in [2.45, 2.75) is 26.7 Å². The molecule has 2 aliphatic rings. The molecule has 0 aromatic heterocycles. The molecule has 0 N–H and O–H groups in total. The van der Waals surface area contributed by atoms with Crippen molar-refractivity contribution in [3.05, 3.63) is 45.9 Å². The summed E-state index contributed by atoms with van der Waals surface area (Å²) in [6.45, 7) is 3.74. The summed E-state index contributed by atoms with van der Waals surface area (Å²) in [5, 5.41) is 0. The molecule has 0 aliphatic carbocycles. The lowest BCUT2D eigenvalue weighted by Crippen LogP contribution is -2.21. The standard InChI is InChI=1S/C13H14BrNO/c1-9-4-3-5-13(10(2)16)15-8-11(14)6-7-12(9)15/h5-8H,3-4H2,1-2H3. The van der Waals surface area contributed by atoms with Crippen molar-refractivity contribution < 1.29 is 4.79 Å². The van der Waals surface area contributed by atoms with E-state index in [0.717, 1.165) is 28.7 Å². The molecule has 0 aromatic rings. The zero-order valence-electron chi connectivity index (χ0n) is 9.46. The highest BCUT2D eigenvalue weighted by molar-refractivity contribution is 9.11. The summed E-state index contributed by atoms with van der Waals surface area (Å²) in [5.74, 6) is 0.110. The Morgan fingerprint density at radius 2 is 2.19 bits per heavy atom. The lowest BCUT2D eigenvalue weighted by Gasteiger charge is -2.26. The molecule has 0 amide bonds. The van der Waals surface area contributed by atoms with Gasteiger partial charge in [0.05, 0.1) is 5.70 Å². The van der Waals surface area contributed by atoms with Gasteiger partial charge in [0.1, 0.15) is 0 Å². The molecule has 0 saturated heterocycles. The van der Waals surface area contributed by atoms with E-state index in [4.69, 9.17) is 0 Å². The third kappa shape index (κ3) is 2.05. The van der Waals surface area contributed by atoms with E-state index in [1.165, 1.54) is 5.57 Å². The first-order valence-electron chi connectivity index (χ1n) is 5.35. The molecule has 0 spiro atoms. The number of rotatable bonds is 1.